The lowest BCUT2D eigenvalue weighted by Crippen LogP contribution is -2.40. The van der Waals surface area contributed by atoms with Gasteiger partial charge in [0.2, 0.25) is 0 Å². The molecule has 0 aromatic heterocycles. The van der Waals surface area contributed by atoms with Crippen molar-refractivity contribution in [2.75, 3.05) is 32.9 Å². The number of rotatable bonds is 4. The Bertz CT molecular complexity index is 260. The van der Waals surface area contributed by atoms with E-state index >= 15 is 0 Å². The van der Waals surface area contributed by atoms with Crippen molar-refractivity contribution in [1.29, 1.82) is 0 Å². The van der Waals surface area contributed by atoms with E-state index in [2.05, 4.69) is 5.32 Å². The molecule has 3 rings (SSSR count). The van der Waals surface area contributed by atoms with Crippen molar-refractivity contribution in [3.63, 3.8) is 0 Å². The molecule has 1 aliphatic carbocycles. The monoisotopic (exact) mass is 255 g/mol. The quantitative estimate of drug-likeness (QED) is 0.826. The van der Waals surface area contributed by atoms with Crippen molar-refractivity contribution in [3.05, 3.63) is 0 Å². The first-order chi connectivity index (χ1) is 8.86. The van der Waals surface area contributed by atoms with Gasteiger partial charge in [-0.15, -0.1) is 0 Å². The Labute approximate surface area is 109 Å². The molecule has 1 spiro atoms. The molecule has 104 valence electrons. The van der Waals surface area contributed by atoms with Gasteiger partial charge in [0.15, 0.2) is 0 Å². The minimum atomic E-state index is 0.223. The largest absolute Gasteiger partial charge is 0.376 e. The normalized spacial score (nSPS) is 35.3. The summed E-state index contributed by atoms with van der Waals surface area (Å²) in [5.74, 6) is 0. The second kappa shape index (κ2) is 5.87. The lowest BCUT2D eigenvalue weighted by Gasteiger charge is -2.25. The zero-order valence-corrected chi connectivity index (χ0v) is 11.2. The number of hydrogen-bond acceptors (Lipinski definition) is 4. The first-order valence-corrected chi connectivity index (χ1v) is 7.44. The highest BCUT2D eigenvalue weighted by Crippen LogP contribution is 2.43. The van der Waals surface area contributed by atoms with Crippen molar-refractivity contribution >= 4 is 0 Å². The number of hydrogen-bond donors (Lipinski definition) is 1. The summed E-state index contributed by atoms with van der Waals surface area (Å²) < 4.78 is 17.3. The predicted octanol–water partition coefficient (Wildman–Crippen LogP) is 1.48. The summed E-state index contributed by atoms with van der Waals surface area (Å²) >= 11 is 0. The van der Waals surface area contributed by atoms with Crippen LogP contribution in [-0.4, -0.2) is 50.7 Å². The molecule has 2 saturated heterocycles. The number of ether oxygens (including phenoxy) is 3. The smallest absolute Gasteiger partial charge is 0.0933 e. The SMILES string of the molecule is C1CCC2(C1)CCC(CNCC1COCCO1)O2. The lowest BCUT2D eigenvalue weighted by molar-refractivity contribution is -0.0880. The first kappa shape index (κ1) is 12.9. The molecule has 0 aromatic carbocycles. The predicted molar refractivity (Wildman–Crippen MR) is 68.7 cm³/mol. The molecule has 4 heteroatoms. The molecular formula is C14H25NO3. The minimum Gasteiger partial charge on any atom is -0.376 e. The highest BCUT2D eigenvalue weighted by atomic mass is 16.6. The van der Waals surface area contributed by atoms with Crippen molar-refractivity contribution < 1.29 is 14.2 Å². The summed E-state index contributed by atoms with van der Waals surface area (Å²) in [7, 11) is 0. The Hall–Kier alpha value is -0.160. The Morgan fingerprint density at radius 1 is 1.00 bits per heavy atom. The van der Waals surface area contributed by atoms with Gasteiger partial charge in [0.05, 0.1) is 37.6 Å². The summed E-state index contributed by atoms with van der Waals surface area (Å²) in [5.41, 5.74) is 0.261. The Morgan fingerprint density at radius 3 is 2.61 bits per heavy atom. The van der Waals surface area contributed by atoms with Crippen LogP contribution in [0.4, 0.5) is 0 Å². The molecule has 0 bridgehead atoms. The van der Waals surface area contributed by atoms with Crippen LogP contribution in [0.3, 0.4) is 0 Å². The summed E-state index contributed by atoms with van der Waals surface area (Å²) in [5, 5.41) is 3.47. The van der Waals surface area contributed by atoms with E-state index < -0.39 is 0 Å². The maximum absolute atomic E-state index is 6.26. The molecule has 0 radical (unpaired) electrons. The summed E-state index contributed by atoms with van der Waals surface area (Å²) in [6.45, 7) is 4.04. The van der Waals surface area contributed by atoms with Gasteiger partial charge < -0.3 is 19.5 Å². The van der Waals surface area contributed by atoms with Gasteiger partial charge in [-0.1, -0.05) is 12.8 Å². The van der Waals surface area contributed by atoms with E-state index in [0.717, 1.165) is 32.9 Å². The fraction of sp³-hybridized carbons (Fsp3) is 1.00. The first-order valence-electron chi connectivity index (χ1n) is 7.44. The second-order valence-corrected chi connectivity index (χ2v) is 5.89. The van der Waals surface area contributed by atoms with Gasteiger partial charge in [0.1, 0.15) is 0 Å². The third-order valence-corrected chi connectivity index (χ3v) is 4.48. The van der Waals surface area contributed by atoms with E-state index in [9.17, 15) is 0 Å². The molecule has 2 aliphatic heterocycles. The molecule has 3 aliphatic rings. The van der Waals surface area contributed by atoms with E-state index in [0.29, 0.717) is 6.10 Å². The van der Waals surface area contributed by atoms with Crippen LogP contribution in [0.1, 0.15) is 38.5 Å². The van der Waals surface area contributed by atoms with Gasteiger partial charge >= 0.3 is 0 Å². The van der Waals surface area contributed by atoms with E-state index in [1.165, 1.54) is 38.5 Å². The van der Waals surface area contributed by atoms with Gasteiger partial charge in [-0.25, -0.2) is 0 Å². The van der Waals surface area contributed by atoms with E-state index in [1.807, 2.05) is 0 Å². The standard InChI is InChI=1S/C14H25NO3/c1-2-5-14(4-1)6-3-12(18-14)9-15-10-13-11-16-7-8-17-13/h12-13,15H,1-11H2. The molecule has 2 heterocycles. The molecule has 18 heavy (non-hydrogen) atoms. The fourth-order valence-electron chi connectivity index (χ4n) is 3.49. The van der Waals surface area contributed by atoms with Gasteiger partial charge in [0.25, 0.3) is 0 Å². The average Bonchev–Trinajstić information content (AvgIpc) is 3.02. The third-order valence-electron chi connectivity index (χ3n) is 4.48. The topological polar surface area (TPSA) is 39.7 Å². The molecule has 3 fully saturated rings. The maximum atomic E-state index is 6.26. The van der Waals surface area contributed by atoms with Crippen LogP contribution in [0.2, 0.25) is 0 Å². The summed E-state index contributed by atoms with van der Waals surface area (Å²) in [6.07, 6.45) is 8.39. The van der Waals surface area contributed by atoms with Crippen LogP contribution in [0.15, 0.2) is 0 Å². The maximum Gasteiger partial charge on any atom is 0.0933 e. The van der Waals surface area contributed by atoms with Crippen LogP contribution in [0.5, 0.6) is 0 Å². The highest BCUT2D eigenvalue weighted by Gasteiger charge is 2.41. The molecule has 1 N–H and O–H groups in total. The Morgan fingerprint density at radius 2 is 1.83 bits per heavy atom. The van der Waals surface area contributed by atoms with Crippen molar-refractivity contribution in [1.82, 2.24) is 5.32 Å². The molecule has 1 saturated carbocycles. The van der Waals surface area contributed by atoms with Crippen LogP contribution in [0.25, 0.3) is 0 Å². The number of nitrogens with one attached hydrogen (secondary N) is 1. The van der Waals surface area contributed by atoms with Gasteiger partial charge in [-0.2, -0.15) is 0 Å². The molecular weight excluding hydrogens is 230 g/mol. The van der Waals surface area contributed by atoms with Crippen molar-refractivity contribution in [2.45, 2.75) is 56.3 Å². The Kier molecular flexibility index (Phi) is 4.19. The van der Waals surface area contributed by atoms with E-state index in [-0.39, 0.29) is 11.7 Å². The molecule has 0 aromatic rings. The van der Waals surface area contributed by atoms with Crippen LogP contribution < -0.4 is 5.32 Å². The molecule has 2 unspecified atom stereocenters. The van der Waals surface area contributed by atoms with Crippen molar-refractivity contribution in [2.24, 2.45) is 0 Å². The lowest BCUT2D eigenvalue weighted by atomic mass is 9.98. The fourth-order valence-corrected chi connectivity index (χ4v) is 3.49. The molecule has 2 atom stereocenters. The molecule has 0 amide bonds. The third kappa shape index (κ3) is 3.05. The Balaban J connectivity index is 1.34. The molecule has 4 nitrogen and oxygen atoms in total. The minimum absolute atomic E-state index is 0.223. The van der Waals surface area contributed by atoms with Crippen molar-refractivity contribution in [3.8, 4) is 0 Å². The van der Waals surface area contributed by atoms with Gasteiger partial charge in [-0.05, 0) is 25.7 Å². The average molecular weight is 255 g/mol. The zero-order valence-electron chi connectivity index (χ0n) is 11.2. The highest BCUT2D eigenvalue weighted by molar-refractivity contribution is 4.93. The van der Waals surface area contributed by atoms with E-state index in [1.54, 1.807) is 0 Å². The van der Waals surface area contributed by atoms with Crippen LogP contribution in [0, 0.1) is 0 Å². The van der Waals surface area contributed by atoms with Crippen LogP contribution >= 0.6 is 0 Å². The van der Waals surface area contributed by atoms with Gasteiger partial charge in [-0.3, -0.25) is 0 Å². The summed E-state index contributed by atoms with van der Waals surface area (Å²) in [4.78, 5) is 0. The van der Waals surface area contributed by atoms with Gasteiger partial charge in [0, 0.05) is 13.1 Å². The summed E-state index contributed by atoms with van der Waals surface area (Å²) in [6, 6.07) is 0. The van der Waals surface area contributed by atoms with Crippen LogP contribution in [-0.2, 0) is 14.2 Å². The van der Waals surface area contributed by atoms with E-state index in [4.69, 9.17) is 14.2 Å². The second-order valence-electron chi connectivity index (χ2n) is 5.89. The zero-order chi connectivity index (χ0) is 12.3.